The number of para-hydroxylation sites is 1. The summed E-state index contributed by atoms with van der Waals surface area (Å²) in [6.07, 6.45) is 1.48. The third-order valence-corrected chi connectivity index (χ3v) is 7.71. The molecule has 3 amide bonds. The maximum absolute atomic E-state index is 14.8. The molecule has 41 heavy (non-hydrogen) atoms. The lowest BCUT2D eigenvalue weighted by Gasteiger charge is -2.33. The Labute approximate surface area is 241 Å². The van der Waals surface area contributed by atoms with Crippen molar-refractivity contribution in [2.45, 2.75) is 77.6 Å². The molecule has 2 aromatic carbocycles. The number of aromatic hydroxyl groups is 1. The van der Waals surface area contributed by atoms with Gasteiger partial charge >= 0.3 is 0 Å². The van der Waals surface area contributed by atoms with Crippen molar-refractivity contribution in [1.29, 1.82) is 0 Å². The van der Waals surface area contributed by atoms with Crippen molar-refractivity contribution >= 4 is 17.7 Å². The first-order chi connectivity index (χ1) is 19.5. The molecule has 1 aliphatic rings. The number of ether oxygens (including phenoxy) is 1. The van der Waals surface area contributed by atoms with Crippen molar-refractivity contribution < 1.29 is 28.6 Å². The average molecular weight is 571 g/mol. The number of fused-ring (bicyclic) bond motifs is 1. The zero-order chi connectivity index (χ0) is 30.1. The first kappa shape index (κ1) is 31.9. The Morgan fingerprint density at radius 1 is 1.10 bits per heavy atom. The number of phenols is 1. The third-order valence-electron chi connectivity index (χ3n) is 7.71. The van der Waals surface area contributed by atoms with Crippen LogP contribution in [-0.2, 0) is 27.2 Å². The largest absolute Gasteiger partial charge is 0.508 e. The van der Waals surface area contributed by atoms with Crippen LogP contribution in [-0.4, -0.2) is 72.1 Å². The molecule has 10 heteroatoms. The second-order valence-corrected chi connectivity index (χ2v) is 10.9. The van der Waals surface area contributed by atoms with Gasteiger partial charge in [-0.2, -0.15) is 0 Å². The highest BCUT2D eigenvalue weighted by Gasteiger charge is 2.33. The molecule has 224 valence electrons. The molecule has 0 fully saturated rings. The van der Waals surface area contributed by atoms with Crippen molar-refractivity contribution in [2.75, 3.05) is 20.1 Å². The van der Waals surface area contributed by atoms with Crippen molar-refractivity contribution in [3.05, 3.63) is 59.4 Å². The summed E-state index contributed by atoms with van der Waals surface area (Å²) in [6, 6.07) is 8.85. The molecular formula is C31H43FN4O5. The topological polar surface area (TPSA) is 120 Å². The summed E-state index contributed by atoms with van der Waals surface area (Å²) in [4.78, 5) is 41.6. The summed E-state index contributed by atoms with van der Waals surface area (Å²) in [7, 11) is 1.57. The van der Waals surface area contributed by atoms with Crippen LogP contribution in [0.5, 0.6) is 11.5 Å². The van der Waals surface area contributed by atoms with Gasteiger partial charge in [0.2, 0.25) is 17.7 Å². The van der Waals surface area contributed by atoms with Crippen molar-refractivity contribution in [1.82, 2.24) is 20.9 Å². The lowest BCUT2D eigenvalue weighted by atomic mass is 9.97. The normalized spacial score (nSPS) is 24.2. The molecule has 0 aliphatic carbocycles. The number of carbonyl (C=O) groups is 3. The highest BCUT2D eigenvalue weighted by molar-refractivity contribution is 5.93. The number of aryl methyl sites for hydroxylation is 1. The highest BCUT2D eigenvalue weighted by atomic mass is 19.1. The zero-order valence-electron chi connectivity index (χ0n) is 24.6. The van der Waals surface area contributed by atoms with E-state index in [-0.39, 0.29) is 35.7 Å². The van der Waals surface area contributed by atoms with Crippen LogP contribution in [0.3, 0.4) is 0 Å². The van der Waals surface area contributed by atoms with E-state index in [1.807, 2.05) is 20.8 Å². The Bertz CT molecular complexity index is 1190. The maximum atomic E-state index is 14.8. The van der Waals surface area contributed by atoms with Crippen LogP contribution >= 0.6 is 0 Å². The molecule has 1 unspecified atom stereocenters. The van der Waals surface area contributed by atoms with Gasteiger partial charge in [0.15, 0.2) is 11.6 Å². The summed E-state index contributed by atoms with van der Waals surface area (Å²) in [5.41, 5.74) is 1.43. The second-order valence-electron chi connectivity index (χ2n) is 10.9. The number of hydrogen-bond acceptors (Lipinski definition) is 6. The number of phenolic OH excluding ortho intramolecular Hbond substituents is 1. The van der Waals surface area contributed by atoms with Crippen LogP contribution in [0.1, 0.15) is 51.7 Å². The van der Waals surface area contributed by atoms with Gasteiger partial charge in [0.1, 0.15) is 23.9 Å². The Balaban J connectivity index is 1.91. The summed E-state index contributed by atoms with van der Waals surface area (Å²) in [6.45, 7) is 7.98. The van der Waals surface area contributed by atoms with E-state index in [2.05, 4.69) is 16.0 Å². The van der Waals surface area contributed by atoms with Crippen molar-refractivity contribution in [2.24, 2.45) is 5.92 Å². The van der Waals surface area contributed by atoms with Crippen LogP contribution < -0.4 is 20.7 Å². The molecule has 1 heterocycles. The minimum Gasteiger partial charge on any atom is -0.508 e. The number of halogens is 1. The van der Waals surface area contributed by atoms with E-state index in [9.17, 15) is 23.9 Å². The summed E-state index contributed by atoms with van der Waals surface area (Å²) in [5.74, 6) is -1.34. The first-order valence-corrected chi connectivity index (χ1v) is 14.3. The van der Waals surface area contributed by atoms with Gasteiger partial charge in [-0.3, -0.25) is 14.4 Å². The van der Waals surface area contributed by atoms with Crippen molar-refractivity contribution in [3.63, 3.8) is 0 Å². The molecule has 2 aromatic rings. The highest BCUT2D eigenvalue weighted by Crippen LogP contribution is 2.25. The van der Waals surface area contributed by atoms with Crippen LogP contribution in [0.2, 0.25) is 0 Å². The Hall–Kier alpha value is -3.66. The number of hydrogen-bond donors (Lipinski definition) is 4. The number of likely N-dealkylation sites (N-methyl/N-ethyl adjacent to an activating group) is 1. The SMILES string of the molecule is CCC(C)[C@@H]1NC[C@@H](C)Oc2c(F)cccc2CCCNC(=O)[C@@H](Cc2ccc(O)cc2)NC(=O)[C@@H](C)N(C)C1=O. The lowest BCUT2D eigenvalue weighted by molar-refractivity contribution is -0.141. The molecule has 0 spiro atoms. The first-order valence-electron chi connectivity index (χ1n) is 14.3. The van der Waals surface area contributed by atoms with Gasteiger partial charge in [-0.25, -0.2) is 4.39 Å². The van der Waals surface area contributed by atoms with Gasteiger partial charge in [0.05, 0.1) is 6.04 Å². The lowest BCUT2D eigenvalue weighted by Crippen LogP contribution is -2.57. The minimum absolute atomic E-state index is 0.0462. The molecule has 3 rings (SSSR count). The zero-order valence-corrected chi connectivity index (χ0v) is 24.6. The van der Waals surface area contributed by atoms with E-state index in [0.29, 0.717) is 31.5 Å². The number of amides is 3. The van der Waals surface area contributed by atoms with E-state index in [1.54, 1.807) is 38.2 Å². The summed E-state index contributed by atoms with van der Waals surface area (Å²) < 4.78 is 20.8. The molecule has 0 aromatic heterocycles. The minimum atomic E-state index is -0.908. The predicted molar refractivity (Wildman–Crippen MR) is 155 cm³/mol. The molecule has 0 bridgehead atoms. The number of rotatable bonds is 4. The fourth-order valence-corrected chi connectivity index (χ4v) is 4.75. The van der Waals surface area contributed by atoms with Gasteiger partial charge in [-0.15, -0.1) is 0 Å². The third kappa shape index (κ3) is 8.66. The van der Waals surface area contributed by atoms with Crippen LogP contribution in [0.4, 0.5) is 4.39 Å². The smallest absolute Gasteiger partial charge is 0.243 e. The summed E-state index contributed by atoms with van der Waals surface area (Å²) in [5, 5.41) is 18.6. The van der Waals surface area contributed by atoms with Crippen LogP contribution in [0.15, 0.2) is 42.5 Å². The number of benzene rings is 2. The van der Waals surface area contributed by atoms with Crippen molar-refractivity contribution in [3.8, 4) is 11.5 Å². The quantitative estimate of drug-likeness (QED) is 0.449. The van der Waals surface area contributed by atoms with Gasteiger partial charge < -0.3 is 30.7 Å². The molecule has 9 nitrogen and oxygen atoms in total. The molecule has 5 atom stereocenters. The van der Waals surface area contributed by atoms with E-state index in [4.69, 9.17) is 4.74 Å². The Morgan fingerprint density at radius 2 is 1.80 bits per heavy atom. The standard InChI is InChI=1S/C31H43FN4O5/c1-6-19(2)27-31(40)36(5)21(4)29(38)35-26(17-22-12-14-24(37)15-13-22)30(39)33-16-8-10-23-9-7-11-25(32)28(23)41-20(3)18-34-27/h7,9,11-15,19-21,26-27,34,37H,6,8,10,16-18H2,1-5H3,(H,33,39)(H,35,38)/t19?,20-,21-,26-,27+/m1/s1. The molecule has 1 aliphatic heterocycles. The van der Waals surface area contributed by atoms with Crippen LogP contribution in [0, 0.1) is 11.7 Å². The van der Waals surface area contributed by atoms with Gasteiger partial charge in [-0.05, 0) is 61.9 Å². The van der Waals surface area contributed by atoms with E-state index in [0.717, 1.165) is 12.0 Å². The molecule has 4 N–H and O–H groups in total. The van der Waals surface area contributed by atoms with E-state index < -0.39 is 36.0 Å². The molecule has 0 radical (unpaired) electrons. The van der Waals surface area contributed by atoms with E-state index >= 15 is 0 Å². The second kappa shape index (κ2) is 14.8. The fraction of sp³-hybridized carbons (Fsp3) is 0.516. The van der Waals surface area contributed by atoms with Gasteiger partial charge in [0, 0.05) is 26.6 Å². The van der Waals surface area contributed by atoms with Gasteiger partial charge in [0.25, 0.3) is 0 Å². The fourth-order valence-electron chi connectivity index (χ4n) is 4.75. The predicted octanol–water partition coefficient (Wildman–Crippen LogP) is 2.94. The van der Waals surface area contributed by atoms with Gasteiger partial charge in [-0.1, -0.05) is 44.5 Å². The average Bonchev–Trinajstić information content (AvgIpc) is 2.95. The Kier molecular flexibility index (Phi) is 11.5. The molecular weight excluding hydrogens is 527 g/mol. The molecule has 0 saturated carbocycles. The monoisotopic (exact) mass is 570 g/mol. The number of nitrogens with zero attached hydrogens (tertiary/aromatic N) is 1. The van der Waals surface area contributed by atoms with E-state index in [1.165, 1.54) is 23.1 Å². The summed E-state index contributed by atoms with van der Waals surface area (Å²) >= 11 is 0. The number of nitrogens with one attached hydrogen (secondary N) is 3. The maximum Gasteiger partial charge on any atom is 0.243 e. The molecule has 0 saturated heterocycles. The Morgan fingerprint density at radius 3 is 2.49 bits per heavy atom. The van der Waals surface area contributed by atoms with Crippen LogP contribution in [0.25, 0.3) is 0 Å². The number of carbonyl (C=O) groups excluding carboxylic acids is 3.